The minimum Gasteiger partial charge on any atom is -0.356 e. The lowest BCUT2D eigenvalue weighted by Gasteiger charge is -2.33. The summed E-state index contributed by atoms with van der Waals surface area (Å²) in [5, 5.41) is 0. The number of carbonyl (C=O) groups excluding carboxylic acids is 1. The van der Waals surface area contributed by atoms with Crippen LogP contribution in [0.3, 0.4) is 0 Å². The third-order valence-electron chi connectivity index (χ3n) is 7.35. The normalized spacial score (nSPS) is 17.4. The van der Waals surface area contributed by atoms with Crippen LogP contribution < -0.4 is 15.5 Å². The molecule has 0 spiro atoms. The quantitative estimate of drug-likeness (QED) is 0.457. The second-order valence-electron chi connectivity index (χ2n) is 10.2. The van der Waals surface area contributed by atoms with E-state index in [9.17, 15) is 18.4 Å². The van der Waals surface area contributed by atoms with E-state index in [-0.39, 0.29) is 29.5 Å². The van der Waals surface area contributed by atoms with Gasteiger partial charge in [-0.05, 0) is 37.1 Å². The van der Waals surface area contributed by atoms with E-state index in [1.807, 2.05) is 12.1 Å². The fraction of sp³-hybridized carbons (Fsp3) is 0.346. The molecule has 1 saturated heterocycles. The van der Waals surface area contributed by atoms with Crippen LogP contribution in [-0.4, -0.2) is 50.0 Å². The maximum atomic E-state index is 14.6. The van der Waals surface area contributed by atoms with Crippen LogP contribution in [0.1, 0.15) is 48.8 Å². The lowest BCUT2D eigenvalue weighted by molar-refractivity contribution is 0.0981. The number of fused-ring (bicyclic) bond motifs is 2. The Labute approximate surface area is 210 Å². The third-order valence-corrected chi connectivity index (χ3v) is 7.35. The topological polar surface area (TPSA) is 100 Å². The summed E-state index contributed by atoms with van der Waals surface area (Å²) in [4.78, 5) is 45.1. The van der Waals surface area contributed by atoms with Gasteiger partial charge in [-0.25, -0.2) is 28.5 Å². The fourth-order valence-corrected chi connectivity index (χ4v) is 5.60. The fourth-order valence-electron chi connectivity index (χ4n) is 5.60. The molecule has 1 N–H and O–H groups in total. The molecule has 1 fully saturated rings. The smallest absolute Gasteiger partial charge is 0.327 e. The number of hydrogen-bond acceptors (Lipinski definition) is 6. The number of aromatic amines is 1. The summed E-state index contributed by atoms with van der Waals surface area (Å²) < 4.78 is 30.3. The van der Waals surface area contributed by atoms with Crippen molar-refractivity contribution in [3.05, 3.63) is 76.2 Å². The van der Waals surface area contributed by atoms with Gasteiger partial charge in [0.2, 0.25) is 0 Å². The van der Waals surface area contributed by atoms with E-state index in [2.05, 4.69) is 24.8 Å². The van der Waals surface area contributed by atoms with Crippen LogP contribution in [0.15, 0.2) is 47.7 Å². The molecular weight excluding hydrogens is 480 g/mol. The molecule has 1 aromatic carbocycles. The number of hydrogen-bond donors (Lipinski definition) is 1. The Kier molecular flexibility index (Phi) is 5.32. The number of nitrogens with zero attached hydrogens (tertiary/aromatic N) is 6. The zero-order chi connectivity index (χ0) is 25.9. The van der Waals surface area contributed by atoms with E-state index in [1.54, 1.807) is 30.7 Å². The Morgan fingerprint density at radius 3 is 2.68 bits per heavy atom. The van der Waals surface area contributed by atoms with Crippen molar-refractivity contribution < 1.29 is 13.6 Å². The number of rotatable bonds is 3. The summed E-state index contributed by atoms with van der Waals surface area (Å²) in [5.74, 6) is -1.64. The van der Waals surface area contributed by atoms with E-state index in [0.717, 1.165) is 11.6 Å². The molecule has 0 unspecified atom stereocenters. The van der Waals surface area contributed by atoms with Gasteiger partial charge in [0.05, 0.1) is 11.2 Å². The average molecular weight is 506 g/mol. The lowest BCUT2D eigenvalue weighted by atomic mass is 9.86. The summed E-state index contributed by atoms with van der Waals surface area (Å²) in [7, 11) is 0. The average Bonchev–Trinajstić information content (AvgIpc) is 3.38. The van der Waals surface area contributed by atoms with E-state index < -0.39 is 23.0 Å². The number of aromatic nitrogens is 5. The zero-order valence-corrected chi connectivity index (χ0v) is 20.4. The van der Waals surface area contributed by atoms with Crippen LogP contribution in [0.25, 0.3) is 11.2 Å². The van der Waals surface area contributed by atoms with Crippen LogP contribution >= 0.6 is 0 Å². The number of anilines is 2. The highest BCUT2D eigenvalue weighted by atomic mass is 19.2. The maximum absolute atomic E-state index is 14.6. The van der Waals surface area contributed by atoms with Gasteiger partial charge in [-0.15, -0.1) is 0 Å². The molecule has 0 aliphatic carbocycles. The van der Waals surface area contributed by atoms with Gasteiger partial charge in [0.1, 0.15) is 17.8 Å². The molecule has 3 aromatic heterocycles. The Hall–Kier alpha value is -4.15. The Bertz CT molecular complexity index is 1590. The number of piperidine rings is 1. The van der Waals surface area contributed by atoms with Crippen molar-refractivity contribution in [2.24, 2.45) is 0 Å². The monoisotopic (exact) mass is 505 g/mol. The molecule has 190 valence electrons. The molecule has 11 heteroatoms. The first-order chi connectivity index (χ1) is 17.7. The minimum atomic E-state index is -0.931. The number of halogens is 2. The van der Waals surface area contributed by atoms with Crippen molar-refractivity contribution in [3.63, 3.8) is 0 Å². The van der Waals surface area contributed by atoms with Gasteiger partial charge in [-0.2, -0.15) is 0 Å². The molecule has 37 heavy (non-hydrogen) atoms. The highest BCUT2D eigenvalue weighted by Crippen LogP contribution is 2.43. The van der Waals surface area contributed by atoms with Crippen molar-refractivity contribution in [2.45, 2.75) is 38.1 Å². The Morgan fingerprint density at radius 2 is 1.89 bits per heavy atom. The summed E-state index contributed by atoms with van der Waals surface area (Å²) in [5.41, 5.74) is 1.17. The van der Waals surface area contributed by atoms with Crippen molar-refractivity contribution in [2.75, 3.05) is 29.4 Å². The first-order valence-electron chi connectivity index (χ1n) is 12.2. The first kappa shape index (κ1) is 23.3. The molecule has 0 saturated carbocycles. The molecule has 9 nitrogen and oxygen atoms in total. The van der Waals surface area contributed by atoms with Gasteiger partial charge >= 0.3 is 5.69 Å². The van der Waals surface area contributed by atoms with Crippen LogP contribution in [0.2, 0.25) is 0 Å². The van der Waals surface area contributed by atoms with Crippen molar-refractivity contribution in [1.29, 1.82) is 0 Å². The number of pyridine rings is 1. The van der Waals surface area contributed by atoms with Crippen molar-refractivity contribution in [3.8, 4) is 0 Å². The molecule has 5 heterocycles. The van der Waals surface area contributed by atoms with Gasteiger partial charge in [0, 0.05) is 48.9 Å². The van der Waals surface area contributed by atoms with Crippen LogP contribution in [0, 0.1) is 11.6 Å². The molecule has 1 amide bonds. The second kappa shape index (κ2) is 8.46. The molecule has 2 aliphatic rings. The van der Waals surface area contributed by atoms with Gasteiger partial charge in [0.15, 0.2) is 17.3 Å². The summed E-state index contributed by atoms with van der Waals surface area (Å²) in [6.45, 7) is 5.05. The molecule has 6 rings (SSSR count). The Balaban J connectivity index is 1.22. The largest absolute Gasteiger partial charge is 0.356 e. The number of imidazole rings is 1. The Morgan fingerprint density at radius 1 is 1.11 bits per heavy atom. The summed E-state index contributed by atoms with van der Waals surface area (Å²) in [6, 6.07) is 7.83. The third kappa shape index (κ3) is 3.76. The molecule has 0 radical (unpaired) electrons. The van der Waals surface area contributed by atoms with E-state index >= 15 is 0 Å². The number of amides is 1. The van der Waals surface area contributed by atoms with Gasteiger partial charge in [0.25, 0.3) is 5.91 Å². The molecule has 2 aliphatic heterocycles. The molecule has 0 bridgehead atoms. The van der Waals surface area contributed by atoms with Crippen LogP contribution in [-0.2, 0) is 5.41 Å². The van der Waals surface area contributed by atoms with Crippen LogP contribution in [0.5, 0.6) is 0 Å². The predicted molar refractivity (Wildman–Crippen MR) is 134 cm³/mol. The first-order valence-corrected chi connectivity index (χ1v) is 12.2. The molecule has 4 aromatic rings. The van der Waals surface area contributed by atoms with E-state index in [4.69, 9.17) is 0 Å². The predicted octanol–water partition coefficient (Wildman–Crippen LogP) is 3.57. The highest BCUT2D eigenvalue weighted by molar-refractivity contribution is 6.06. The number of benzene rings is 1. The van der Waals surface area contributed by atoms with Crippen molar-refractivity contribution >= 4 is 28.6 Å². The summed E-state index contributed by atoms with van der Waals surface area (Å²) in [6.07, 6.45) is 4.43. The lowest BCUT2D eigenvalue weighted by Crippen LogP contribution is -2.38. The summed E-state index contributed by atoms with van der Waals surface area (Å²) >= 11 is 0. The van der Waals surface area contributed by atoms with Gasteiger partial charge in [-0.1, -0.05) is 13.8 Å². The molecule has 0 atom stereocenters. The standard InChI is InChI=1S/C26H25F2N7O2/c1-26(2)13-34(18-6-5-16(27)22(28)21(18)26)24(36)17-12-20(31-14-30-17)33-10-7-15(8-11-33)35-19-4-3-9-29-23(19)32-25(35)37/h3-6,9,12,14-15H,7-8,10-11,13H2,1-2H3,(H,29,32,37). The highest BCUT2D eigenvalue weighted by Gasteiger charge is 2.42. The number of carbonyl (C=O) groups is 1. The zero-order valence-electron chi connectivity index (χ0n) is 20.4. The maximum Gasteiger partial charge on any atom is 0.327 e. The number of H-pyrrole nitrogens is 1. The van der Waals surface area contributed by atoms with Gasteiger partial charge < -0.3 is 9.80 Å². The second-order valence-corrected chi connectivity index (χ2v) is 10.2. The number of nitrogens with one attached hydrogen (secondary N) is 1. The minimum absolute atomic E-state index is 0.0169. The van der Waals surface area contributed by atoms with E-state index in [0.29, 0.717) is 43.1 Å². The van der Waals surface area contributed by atoms with Crippen LogP contribution in [0.4, 0.5) is 20.3 Å². The SMILES string of the molecule is CC1(C)CN(C(=O)c2cc(N3CCC(n4c(=O)[nH]c5ncccc54)CC3)ncn2)c2ccc(F)c(F)c21. The van der Waals surface area contributed by atoms with E-state index in [1.165, 1.54) is 17.3 Å². The van der Waals surface area contributed by atoms with Gasteiger partial charge in [-0.3, -0.25) is 14.3 Å². The molecular formula is C26H25F2N7O2. The van der Waals surface area contributed by atoms with Crippen molar-refractivity contribution in [1.82, 2.24) is 24.5 Å².